The maximum atomic E-state index is 13.1. The molecule has 3 aromatic carbocycles. The Morgan fingerprint density at radius 3 is 2.71 bits per heavy atom. The third kappa shape index (κ3) is 2.45. The zero-order valence-electron chi connectivity index (χ0n) is 17.5. The van der Waals surface area contributed by atoms with E-state index in [9.17, 15) is 14.7 Å². The summed E-state index contributed by atoms with van der Waals surface area (Å²) in [6.07, 6.45) is 2.74. The van der Waals surface area contributed by atoms with Gasteiger partial charge in [0.1, 0.15) is 0 Å². The quantitative estimate of drug-likeness (QED) is 0.421. The van der Waals surface area contributed by atoms with Crippen molar-refractivity contribution in [3.63, 3.8) is 0 Å². The summed E-state index contributed by atoms with van der Waals surface area (Å²) in [4.78, 5) is 25.2. The predicted molar refractivity (Wildman–Crippen MR) is 122 cm³/mol. The molecule has 0 aliphatic heterocycles. The van der Waals surface area contributed by atoms with E-state index in [0.717, 1.165) is 45.8 Å². The van der Waals surface area contributed by atoms with Crippen molar-refractivity contribution >= 4 is 33.4 Å². The van der Waals surface area contributed by atoms with E-state index in [1.165, 1.54) is 22.2 Å². The fourth-order valence-corrected chi connectivity index (χ4v) is 5.70. The standard InChI is InChI=1S/C27H23NO3/c1-15(30)16-7-9-22-20(13-16)25-19-8-10-23(31)26(19)24-18-6-3-2-5-17(18)14-21(24)27(25)28(22)11-4-12-29/h2-3,5-7,9,13,29H,4,8,10-12,14H2,1H3. The SMILES string of the molecule is CC(=O)c1ccc2c(c1)c1c3c(c4c(c1n2CCCO)Cc1ccccc1-4)C(=O)CC3. The average molecular weight is 409 g/mol. The van der Waals surface area contributed by atoms with E-state index in [-0.39, 0.29) is 18.2 Å². The number of aliphatic hydroxyl groups is 1. The van der Waals surface area contributed by atoms with Gasteiger partial charge in [0.2, 0.25) is 0 Å². The van der Waals surface area contributed by atoms with Gasteiger partial charge in [0.25, 0.3) is 0 Å². The van der Waals surface area contributed by atoms with Crippen molar-refractivity contribution in [2.45, 2.75) is 39.2 Å². The van der Waals surface area contributed by atoms with Crippen LogP contribution in [0.3, 0.4) is 0 Å². The molecular weight excluding hydrogens is 386 g/mol. The molecule has 0 radical (unpaired) electrons. The molecule has 0 saturated heterocycles. The van der Waals surface area contributed by atoms with E-state index in [4.69, 9.17) is 0 Å². The van der Waals surface area contributed by atoms with Gasteiger partial charge >= 0.3 is 0 Å². The fourth-order valence-electron chi connectivity index (χ4n) is 5.70. The van der Waals surface area contributed by atoms with Crippen LogP contribution >= 0.6 is 0 Å². The van der Waals surface area contributed by atoms with E-state index < -0.39 is 0 Å². The van der Waals surface area contributed by atoms with Crippen LogP contribution in [-0.4, -0.2) is 27.8 Å². The molecule has 1 heterocycles. The van der Waals surface area contributed by atoms with Gasteiger partial charge in [-0.25, -0.2) is 0 Å². The summed E-state index contributed by atoms with van der Waals surface area (Å²) >= 11 is 0. The molecule has 4 aromatic rings. The number of aryl methyl sites for hydroxylation is 2. The van der Waals surface area contributed by atoms with E-state index in [0.29, 0.717) is 24.9 Å². The van der Waals surface area contributed by atoms with Crippen LogP contribution in [0, 0.1) is 0 Å². The van der Waals surface area contributed by atoms with Gasteiger partial charge in [0.15, 0.2) is 11.6 Å². The molecule has 0 unspecified atom stereocenters. The van der Waals surface area contributed by atoms with Gasteiger partial charge in [0.05, 0.1) is 5.52 Å². The molecule has 4 nitrogen and oxygen atoms in total. The summed E-state index contributed by atoms with van der Waals surface area (Å²) in [5.74, 6) is 0.267. The van der Waals surface area contributed by atoms with Crippen LogP contribution in [-0.2, 0) is 19.4 Å². The average Bonchev–Trinajstić information content (AvgIpc) is 3.43. The van der Waals surface area contributed by atoms with Crippen molar-refractivity contribution in [3.05, 3.63) is 70.3 Å². The minimum atomic E-state index is 0.0412. The Bertz CT molecular complexity index is 1440. The molecule has 0 atom stereocenters. The van der Waals surface area contributed by atoms with Crippen molar-refractivity contribution in [2.24, 2.45) is 0 Å². The van der Waals surface area contributed by atoms with E-state index in [1.54, 1.807) is 6.92 Å². The molecule has 0 bridgehead atoms. The Morgan fingerprint density at radius 1 is 1.06 bits per heavy atom. The second-order valence-electron chi connectivity index (χ2n) is 8.70. The second kappa shape index (κ2) is 6.63. The molecular formula is C27H23NO3. The highest BCUT2D eigenvalue weighted by Gasteiger charge is 2.35. The maximum Gasteiger partial charge on any atom is 0.164 e. The number of hydrogen-bond donors (Lipinski definition) is 1. The topological polar surface area (TPSA) is 59.3 Å². The number of hydrogen-bond acceptors (Lipinski definition) is 3. The summed E-state index contributed by atoms with van der Waals surface area (Å²) in [7, 11) is 0. The highest BCUT2D eigenvalue weighted by atomic mass is 16.3. The first-order valence-electron chi connectivity index (χ1n) is 11.0. The van der Waals surface area contributed by atoms with Gasteiger partial charge in [-0.15, -0.1) is 0 Å². The van der Waals surface area contributed by atoms with Crippen LogP contribution in [0.2, 0.25) is 0 Å². The van der Waals surface area contributed by atoms with Crippen molar-refractivity contribution in [1.82, 2.24) is 4.57 Å². The molecule has 0 amide bonds. The predicted octanol–water partition coefficient (Wildman–Crippen LogP) is 5.08. The smallest absolute Gasteiger partial charge is 0.164 e. The zero-order valence-corrected chi connectivity index (χ0v) is 17.5. The third-order valence-corrected chi connectivity index (χ3v) is 6.99. The summed E-state index contributed by atoms with van der Waals surface area (Å²) < 4.78 is 2.30. The van der Waals surface area contributed by atoms with E-state index >= 15 is 0 Å². The third-order valence-electron chi connectivity index (χ3n) is 6.99. The number of rotatable bonds is 4. The number of nitrogens with zero attached hydrogens (tertiary/aromatic N) is 1. The number of fused-ring (bicyclic) bond motifs is 10. The van der Waals surface area contributed by atoms with Gasteiger partial charge in [-0.3, -0.25) is 9.59 Å². The normalized spacial score (nSPS) is 14.3. The Kier molecular flexibility index (Phi) is 3.96. The monoisotopic (exact) mass is 409 g/mol. The first-order chi connectivity index (χ1) is 15.1. The number of aromatic nitrogens is 1. The molecule has 2 aliphatic rings. The van der Waals surface area contributed by atoms with Crippen molar-refractivity contribution in [2.75, 3.05) is 6.61 Å². The molecule has 0 saturated carbocycles. The number of benzene rings is 3. The molecule has 31 heavy (non-hydrogen) atoms. The second-order valence-corrected chi connectivity index (χ2v) is 8.70. The maximum absolute atomic E-state index is 13.1. The largest absolute Gasteiger partial charge is 0.396 e. The van der Waals surface area contributed by atoms with Crippen LogP contribution in [0.25, 0.3) is 32.9 Å². The summed E-state index contributed by atoms with van der Waals surface area (Å²) in [5.41, 5.74) is 9.71. The molecule has 2 aliphatic carbocycles. The van der Waals surface area contributed by atoms with Crippen molar-refractivity contribution < 1.29 is 14.7 Å². The number of aliphatic hydroxyl groups excluding tert-OH is 1. The Hall–Kier alpha value is -3.24. The molecule has 4 heteroatoms. The van der Waals surface area contributed by atoms with Crippen LogP contribution in [0.5, 0.6) is 0 Å². The van der Waals surface area contributed by atoms with E-state index in [1.807, 2.05) is 24.3 Å². The fraction of sp³-hybridized carbons (Fsp3) is 0.259. The number of carbonyl (C=O) groups is 2. The van der Waals surface area contributed by atoms with Gasteiger partial charge in [-0.1, -0.05) is 24.3 Å². The first-order valence-corrected chi connectivity index (χ1v) is 11.0. The summed E-state index contributed by atoms with van der Waals surface area (Å²) in [6, 6.07) is 14.3. The van der Waals surface area contributed by atoms with Gasteiger partial charge in [-0.2, -0.15) is 0 Å². The highest BCUT2D eigenvalue weighted by Crippen LogP contribution is 2.49. The number of ketones is 2. The molecule has 1 N–H and O–H groups in total. The molecule has 0 fully saturated rings. The van der Waals surface area contributed by atoms with Gasteiger partial charge < -0.3 is 9.67 Å². The molecule has 6 rings (SSSR count). The lowest BCUT2D eigenvalue weighted by molar-refractivity contribution is 0.0992. The minimum absolute atomic E-state index is 0.0412. The number of carbonyl (C=O) groups excluding carboxylic acids is 2. The molecule has 154 valence electrons. The van der Waals surface area contributed by atoms with Crippen LogP contribution in [0.15, 0.2) is 42.5 Å². The van der Waals surface area contributed by atoms with Gasteiger partial charge in [-0.05, 0) is 65.8 Å². The van der Waals surface area contributed by atoms with Crippen molar-refractivity contribution in [3.8, 4) is 11.1 Å². The lowest BCUT2D eigenvalue weighted by atomic mass is 9.91. The molecule has 1 aromatic heterocycles. The molecule has 0 spiro atoms. The van der Waals surface area contributed by atoms with Crippen LogP contribution < -0.4 is 0 Å². The first kappa shape index (κ1) is 18.5. The summed E-state index contributed by atoms with van der Waals surface area (Å²) in [6.45, 7) is 2.42. The summed E-state index contributed by atoms with van der Waals surface area (Å²) in [5, 5.41) is 11.7. The lowest BCUT2D eigenvalue weighted by Crippen LogP contribution is -2.04. The Labute approximate surface area is 180 Å². The number of Topliss-reactive ketones (excluding diaryl/α,β-unsaturated/α-hetero) is 2. The van der Waals surface area contributed by atoms with Crippen molar-refractivity contribution in [1.29, 1.82) is 0 Å². The zero-order chi connectivity index (χ0) is 21.3. The van der Waals surface area contributed by atoms with E-state index in [2.05, 4.69) is 22.8 Å². The van der Waals surface area contributed by atoms with Crippen LogP contribution in [0.4, 0.5) is 0 Å². The minimum Gasteiger partial charge on any atom is -0.396 e. The lowest BCUT2D eigenvalue weighted by Gasteiger charge is -2.14. The van der Waals surface area contributed by atoms with Gasteiger partial charge in [0, 0.05) is 53.4 Å². The Morgan fingerprint density at radius 2 is 1.90 bits per heavy atom. The highest BCUT2D eigenvalue weighted by molar-refractivity contribution is 6.21. The van der Waals surface area contributed by atoms with Crippen LogP contribution in [0.1, 0.15) is 57.2 Å². The Balaban J connectivity index is 1.82.